The highest BCUT2D eigenvalue weighted by molar-refractivity contribution is 6.07. The number of amides is 2. The molecule has 1 atom stereocenters. The minimum absolute atomic E-state index is 0.0407. The van der Waals surface area contributed by atoms with Crippen molar-refractivity contribution in [3.8, 4) is 0 Å². The average molecular weight is 364 g/mol. The second-order valence-corrected chi connectivity index (χ2v) is 7.02. The van der Waals surface area contributed by atoms with Crippen LogP contribution in [-0.2, 0) is 0 Å². The predicted molar refractivity (Wildman–Crippen MR) is 109 cm³/mol. The Morgan fingerprint density at radius 1 is 1.00 bits per heavy atom. The van der Waals surface area contributed by atoms with Gasteiger partial charge in [-0.05, 0) is 62.9 Å². The lowest BCUT2D eigenvalue weighted by Crippen LogP contribution is -2.43. The van der Waals surface area contributed by atoms with E-state index >= 15 is 0 Å². The maximum Gasteiger partial charge on any atom is 0.258 e. The summed E-state index contributed by atoms with van der Waals surface area (Å²) in [5, 5.41) is 0. The molecule has 4 heteroatoms. The molecule has 2 aromatic carbocycles. The third-order valence-electron chi connectivity index (χ3n) is 5.34. The van der Waals surface area contributed by atoms with E-state index in [1.165, 1.54) is 6.42 Å². The molecule has 0 saturated carbocycles. The first-order valence-electron chi connectivity index (χ1n) is 9.93. The van der Waals surface area contributed by atoms with Gasteiger partial charge in [0.05, 0.1) is 0 Å². The van der Waals surface area contributed by atoms with E-state index in [9.17, 15) is 9.59 Å². The molecule has 142 valence electrons. The van der Waals surface area contributed by atoms with Gasteiger partial charge in [0.1, 0.15) is 0 Å². The molecule has 1 aliphatic heterocycles. The smallest absolute Gasteiger partial charge is 0.258 e. The molecule has 0 spiro atoms. The number of likely N-dealkylation sites (tertiary alicyclic amines) is 1. The Morgan fingerprint density at radius 2 is 1.74 bits per heavy atom. The summed E-state index contributed by atoms with van der Waals surface area (Å²) in [6.07, 6.45) is 4.28. The number of rotatable bonds is 5. The standard InChI is InChI=1S/C23H28N2O2/c1-3-20-13-8-9-16-25(20)23(27)19-12-10-11-18(17-19)22(26)24(4-2)21-14-6-5-7-15-21/h5-7,10-12,14-15,17,20H,3-4,8-9,13,16H2,1-2H3. The van der Waals surface area contributed by atoms with Crippen LogP contribution >= 0.6 is 0 Å². The summed E-state index contributed by atoms with van der Waals surface area (Å²) in [6.45, 7) is 5.47. The Bertz CT molecular complexity index is 788. The fraction of sp³-hybridized carbons (Fsp3) is 0.391. The Balaban J connectivity index is 1.84. The van der Waals surface area contributed by atoms with Crippen molar-refractivity contribution in [3.05, 3.63) is 65.7 Å². The summed E-state index contributed by atoms with van der Waals surface area (Å²) in [7, 11) is 0. The Morgan fingerprint density at radius 3 is 2.44 bits per heavy atom. The SMILES string of the molecule is CCC1CCCCN1C(=O)c1cccc(C(=O)N(CC)c2ccccc2)c1. The molecule has 1 aliphatic rings. The van der Waals surface area contributed by atoms with E-state index in [1.807, 2.05) is 54.3 Å². The molecule has 2 aromatic rings. The van der Waals surface area contributed by atoms with E-state index in [0.717, 1.165) is 31.5 Å². The second-order valence-electron chi connectivity index (χ2n) is 7.02. The molecule has 1 saturated heterocycles. The Hall–Kier alpha value is -2.62. The normalized spacial score (nSPS) is 16.8. The van der Waals surface area contributed by atoms with Crippen LogP contribution in [0.15, 0.2) is 54.6 Å². The van der Waals surface area contributed by atoms with Gasteiger partial charge in [-0.2, -0.15) is 0 Å². The summed E-state index contributed by atoms with van der Waals surface area (Å²) in [6, 6.07) is 17.1. The molecule has 0 aromatic heterocycles. The number of hydrogen-bond acceptors (Lipinski definition) is 2. The van der Waals surface area contributed by atoms with Crippen LogP contribution in [0.4, 0.5) is 5.69 Å². The highest BCUT2D eigenvalue weighted by Crippen LogP contribution is 2.23. The number of carbonyl (C=O) groups excluding carboxylic acids is 2. The second kappa shape index (κ2) is 8.85. The van der Waals surface area contributed by atoms with E-state index in [2.05, 4.69) is 6.92 Å². The van der Waals surface area contributed by atoms with Gasteiger partial charge in [-0.1, -0.05) is 31.2 Å². The topological polar surface area (TPSA) is 40.6 Å². The van der Waals surface area contributed by atoms with E-state index in [-0.39, 0.29) is 11.8 Å². The van der Waals surface area contributed by atoms with Crippen LogP contribution in [0.5, 0.6) is 0 Å². The van der Waals surface area contributed by atoms with E-state index in [0.29, 0.717) is 23.7 Å². The van der Waals surface area contributed by atoms with Gasteiger partial charge in [-0.15, -0.1) is 0 Å². The van der Waals surface area contributed by atoms with E-state index in [4.69, 9.17) is 0 Å². The molecule has 1 heterocycles. The Kier molecular flexibility index (Phi) is 6.28. The molecule has 2 amide bonds. The number of para-hydroxylation sites is 1. The number of hydrogen-bond donors (Lipinski definition) is 0. The fourth-order valence-electron chi connectivity index (χ4n) is 3.85. The molecule has 0 aliphatic carbocycles. The van der Waals surface area contributed by atoms with Crippen LogP contribution in [0, 0.1) is 0 Å². The first-order chi connectivity index (χ1) is 13.2. The molecule has 27 heavy (non-hydrogen) atoms. The molecule has 0 radical (unpaired) electrons. The molecule has 1 unspecified atom stereocenters. The minimum Gasteiger partial charge on any atom is -0.336 e. The maximum atomic E-state index is 13.1. The third-order valence-corrected chi connectivity index (χ3v) is 5.34. The van der Waals surface area contributed by atoms with Crippen molar-refractivity contribution < 1.29 is 9.59 Å². The number of piperidine rings is 1. The van der Waals surface area contributed by atoms with Crippen molar-refractivity contribution in [2.24, 2.45) is 0 Å². The van der Waals surface area contributed by atoms with Crippen molar-refractivity contribution in [3.63, 3.8) is 0 Å². The summed E-state index contributed by atoms with van der Waals surface area (Å²) in [5.41, 5.74) is 2.02. The van der Waals surface area contributed by atoms with Crippen molar-refractivity contribution in [1.82, 2.24) is 4.90 Å². The highest BCUT2D eigenvalue weighted by Gasteiger charge is 2.27. The molecule has 1 fully saturated rings. The van der Waals surface area contributed by atoms with Crippen molar-refractivity contribution >= 4 is 17.5 Å². The number of benzene rings is 2. The third kappa shape index (κ3) is 4.21. The zero-order valence-corrected chi connectivity index (χ0v) is 16.2. The average Bonchev–Trinajstić information content (AvgIpc) is 2.74. The van der Waals surface area contributed by atoms with Crippen LogP contribution in [0.3, 0.4) is 0 Å². The Labute approximate surface area is 161 Å². The zero-order valence-electron chi connectivity index (χ0n) is 16.2. The predicted octanol–water partition coefficient (Wildman–Crippen LogP) is 4.76. The molecular weight excluding hydrogens is 336 g/mol. The summed E-state index contributed by atoms with van der Waals surface area (Å²) in [4.78, 5) is 29.8. The largest absolute Gasteiger partial charge is 0.336 e. The van der Waals surface area contributed by atoms with Crippen LogP contribution in [0.25, 0.3) is 0 Å². The van der Waals surface area contributed by atoms with Gasteiger partial charge in [0, 0.05) is 35.9 Å². The fourth-order valence-corrected chi connectivity index (χ4v) is 3.85. The molecule has 3 rings (SSSR count). The van der Waals surface area contributed by atoms with E-state index < -0.39 is 0 Å². The van der Waals surface area contributed by atoms with Gasteiger partial charge in [-0.3, -0.25) is 9.59 Å². The lowest BCUT2D eigenvalue weighted by atomic mass is 9.98. The number of anilines is 1. The molecule has 0 bridgehead atoms. The van der Waals surface area contributed by atoms with Crippen LogP contribution in [-0.4, -0.2) is 35.8 Å². The minimum atomic E-state index is -0.0796. The van der Waals surface area contributed by atoms with Gasteiger partial charge < -0.3 is 9.80 Å². The summed E-state index contributed by atoms with van der Waals surface area (Å²) < 4.78 is 0. The quantitative estimate of drug-likeness (QED) is 0.767. The maximum absolute atomic E-state index is 13.1. The lowest BCUT2D eigenvalue weighted by Gasteiger charge is -2.35. The summed E-state index contributed by atoms with van der Waals surface area (Å²) >= 11 is 0. The van der Waals surface area contributed by atoms with Crippen molar-refractivity contribution in [1.29, 1.82) is 0 Å². The first kappa shape index (κ1) is 19.2. The van der Waals surface area contributed by atoms with Gasteiger partial charge >= 0.3 is 0 Å². The van der Waals surface area contributed by atoms with Gasteiger partial charge in [0.2, 0.25) is 0 Å². The van der Waals surface area contributed by atoms with Crippen LogP contribution in [0.2, 0.25) is 0 Å². The van der Waals surface area contributed by atoms with Gasteiger partial charge in [-0.25, -0.2) is 0 Å². The van der Waals surface area contributed by atoms with Gasteiger partial charge in [0.25, 0.3) is 11.8 Å². The van der Waals surface area contributed by atoms with Crippen molar-refractivity contribution in [2.75, 3.05) is 18.0 Å². The number of carbonyl (C=O) groups is 2. The van der Waals surface area contributed by atoms with Crippen molar-refractivity contribution in [2.45, 2.75) is 45.6 Å². The highest BCUT2D eigenvalue weighted by atomic mass is 16.2. The molecule has 4 nitrogen and oxygen atoms in total. The lowest BCUT2D eigenvalue weighted by molar-refractivity contribution is 0.0608. The van der Waals surface area contributed by atoms with E-state index in [1.54, 1.807) is 17.0 Å². The first-order valence-corrected chi connectivity index (χ1v) is 9.93. The number of nitrogens with zero attached hydrogens (tertiary/aromatic N) is 2. The van der Waals surface area contributed by atoms with Gasteiger partial charge in [0.15, 0.2) is 0 Å². The zero-order chi connectivity index (χ0) is 19.2. The summed E-state index contributed by atoms with van der Waals surface area (Å²) in [5.74, 6) is -0.0389. The monoisotopic (exact) mass is 364 g/mol. The van der Waals surface area contributed by atoms with Crippen LogP contribution in [0.1, 0.15) is 60.2 Å². The molecular formula is C23H28N2O2. The molecule has 0 N–H and O–H groups in total. The van der Waals surface area contributed by atoms with Crippen LogP contribution < -0.4 is 4.90 Å².